The van der Waals surface area contributed by atoms with Gasteiger partial charge in [-0.3, -0.25) is 9.59 Å². The van der Waals surface area contributed by atoms with Gasteiger partial charge < -0.3 is 10.1 Å². The fourth-order valence-electron chi connectivity index (χ4n) is 2.19. The van der Waals surface area contributed by atoms with Crippen molar-refractivity contribution in [1.29, 1.82) is 0 Å². The third kappa shape index (κ3) is 2.12. The fourth-order valence-corrected chi connectivity index (χ4v) is 2.19. The van der Waals surface area contributed by atoms with E-state index in [1.807, 2.05) is 6.07 Å². The van der Waals surface area contributed by atoms with Gasteiger partial charge in [-0.1, -0.05) is 6.07 Å². The summed E-state index contributed by atoms with van der Waals surface area (Å²) in [6, 6.07) is 4.49. The zero-order chi connectivity index (χ0) is 13.4. The lowest BCUT2D eigenvalue weighted by Crippen LogP contribution is -2.14. The standard InChI is InChI=1S/C13H11N3O3/c17-9-3-1-2-7-4-5-8(14-12(7)9)13-15-10(18)6-11(19)16-13/h4-6H,1-3H2,(H2,15,16,18,19). The number of hydrogen-bond acceptors (Lipinski definition) is 5. The number of fused-ring (bicyclic) bond motifs is 1. The molecule has 2 aromatic heterocycles. The molecule has 2 N–H and O–H groups in total. The first kappa shape index (κ1) is 11.6. The van der Waals surface area contributed by atoms with Gasteiger partial charge in [0.2, 0.25) is 5.88 Å². The number of nitrogens with one attached hydrogen (secondary N) is 1. The average Bonchev–Trinajstić information content (AvgIpc) is 2.38. The number of aromatic hydroxyl groups is 1. The highest BCUT2D eigenvalue weighted by molar-refractivity contribution is 5.97. The number of hydrogen-bond donors (Lipinski definition) is 2. The van der Waals surface area contributed by atoms with E-state index in [4.69, 9.17) is 0 Å². The van der Waals surface area contributed by atoms with Gasteiger partial charge in [0, 0.05) is 6.42 Å². The zero-order valence-corrected chi connectivity index (χ0v) is 10.0. The summed E-state index contributed by atoms with van der Waals surface area (Å²) in [6.45, 7) is 0. The molecule has 6 heteroatoms. The molecule has 2 heterocycles. The van der Waals surface area contributed by atoms with E-state index in [1.54, 1.807) is 6.07 Å². The van der Waals surface area contributed by atoms with E-state index < -0.39 is 5.56 Å². The van der Waals surface area contributed by atoms with Crippen LogP contribution in [0.5, 0.6) is 5.88 Å². The number of rotatable bonds is 1. The number of pyridine rings is 1. The Morgan fingerprint density at radius 3 is 2.79 bits per heavy atom. The largest absolute Gasteiger partial charge is 0.493 e. The number of aryl methyl sites for hydroxylation is 1. The van der Waals surface area contributed by atoms with Gasteiger partial charge in [0.25, 0.3) is 5.56 Å². The minimum atomic E-state index is -0.464. The van der Waals surface area contributed by atoms with E-state index in [2.05, 4.69) is 15.0 Å². The van der Waals surface area contributed by atoms with Crippen molar-refractivity contribution in [3.05, 3.63) is 39.8 Å². The molecule has 0 aromatic carbocycles. The van der Waals surface area contributed by atoms with Crippen molar-refractivity contribution in [1.82, 2.24) is 15.0 Å². The summed E-state index contributed by atoms with van der Waals surface area (Å²) >= 11 is 0. The molecule has 0 amide bonds. The van der Waals surface area contributed by atoms with Crippen molar-refractivity contribution in [3.63, 3.8) is 0 Å². The van der Waals surface area contributed by atoms with Crippen LogP contribution in [0.3, 0.4) is 0 Å². The first-order chi connectivity index (χ1) is 9.13. The predicted molar refractivity (Wildman–Crippen MR) is 67.0 cm³/mol. The number of carbonyl (C=O) groups excluding carboxylic acids is 1. The molecule has 96 valence electrons. The molecule has 0 unspecified atom stereocenters. The van der Waals surface area contributed by atoms with Crippen LogP contribution >= 0.6 is 0 Å². The predicted octanol–water partition coefficient (Wildman–Crippen LogP) is 1.06. The maximum atomic E-state index is 11.8. The molecule has 1 aliphatic carbocycles. The number of carbonyl (C=O) groups is 1. The van der Waals surface area contributed by atoms with E-state index in [9.17, 15) is 14.7 Å². The van der Waals surface area contributed by atoms with E-state index in [-0.39, 0.29) is 17.5 Å². The van der Waals surface area contributed by atoms with Crippen LogP contribution < -0.4 is 5.56 Å². The van der Waals surface area contributed by atoms with Gasteiger partial charge in [-0.25, -0.2) is 4.98 Å². The summed E-state index contributed by atoms with van der Waals surface area (Å²) in [7, 11) is 0. The first-order valence-electron chi connectivity index (χ1n) is 5.97. The SMILES string of the molecule is O=C1CCCc2ccc(-c3nc(O)cc(=O)[nH]3)nc21. The Hall–Kier alpha value is -2.50. The van der Waals surface area contributed by atoms with Crippen LogP contribution in [-0.4, -0.2) is 25.8 Å². The topological polar surface area (TPSA) is 95.9 Å². The van der Waals surface area contributed by atoms with Gasteiger partial charge in [0.1, 0.15) is 11.4 Å². The Kier molecular flexibility index (Phi) is 2.63. The van der Waals surface area contributed by atoms with Gasteiger partial charge in [0.15, 0.2) is 11.6 Å². The van der Waals surface area contributed by atoms with Crippen molar-refractivity contribution in [2.24, 2.45) is 0 Å². The Morgan fingerprint density at radius 2 is 2.00 bits per heavy atom. The maximum absolute atomic E-state index is 11.8. The highest BCUT2D eigenvalue weighted by Gasteiger charge is 2.19. The molecule has 6 nitrogen and oxygen atoms in total. The van der Waals surface area contributed by atoms with Crippen LogP contribution in [0.2, 0.25) is 0 Å². The van der Waals surface area contributed by atoms with Gasteiger partial charge in [0.05, 0.1) is 6.07 Å². The monoisotopic (exact) mass is 257 g/mol. The molecule has 0 saturated carbocycles. The zero-order valence-electron chi connectivity index (χ0n) is 10.0. The molecule has 19 heavy (non-hydrogen) atoms. The second-order valence-electron chi connectivity index (χ2n) is 4.43. The maximum Gasteiger partial charge on any atom is 0.255 e. The minimum Gasteiger partial charge on any atom is -0.493 e. The normalized spacial score (nSPS) is 14.2. The van der Waals surface area contributed by atoms with Crippen LogP contribution in [-0.2, 0) is 6.42 Å². The van der Waals surface area contributed by atoms with E-state index in [0.29, 0.717) is 17.8 Å². The highest BCUT2D eigenvalue weighted by Crippen LogP contribution is 2.22. The number of aromatic amines is 1. The molecule has 3 rings (SSSR count). The second kappa shape index (κ2) is 4.31. The number of aromatic nitrogens is 3. The third-order valence-electron chi connectivity index (χ3n) is 3.06. The summed E-state index contributed by atoms with van der Waals surface area (Å²) in [4.78, 5) is 33.6. The summed E-state index contributed by atoms with van der Waals surface area (Å²) in [5.74, 6) is -0.207. The van der Waals surface area contributed by atoms with Crippen LogP contribution in [0.4, 0.5) is 0 Å². The van der Waals surface area contributed by atoms with Gasteiger partial charge in [-0.2, -0.15) is 4.98 Å². The molecule has 0 fully saturated rings. The molecule has 0 saturated heterocycles. The first-order valence-corrected chi connectivity index (χ1v) is 5.97. The van der Waals surface area contributed by atoms with Gasteiger partial charge >= 0.3 is 0 Å². The molecule has 0 spiro atoms. The van der Waals surface area contributed by atoms with Crippen molar-refractivity contribution in [2.75, 3.05) is 0 Å². The van der Waals surface area contributed by atoms with Crippen LogP contribution in [0.1, 0.15) is 28.9 Å². The Bertz CT molecular complexity index is 721. The van der Waals surface area contributed by atoms with Crippen LogP contribution in [0.15, 0.2) is 23.0 Å². The van der Waals surface area contributed by atoms with E-state index in [0.717, 1.165) is 24.5 Å². The van der Waals surface area contributed by atoms with Gasteiger partial charge in [-0.15, -0.1) is 0 Å². The van der Waals surface area contributed by atoms with E-state index in [1.165, 1.54) is 0 Å². The lowest BCUT2D eigenvalue weighted by atomic mass is 9.95. The second-order valence-corrected chi connectivity index (χ2v) is 4.43. The average molecular weight is 257 g/mol. The van der Waals surface area contributed by atoms with Crippen molar-refractivity contribution < 1.29 is 9.90 Å². The highest BCUT2D eigenvalue weighted by atomic mass is 16.3. The van der Waals surface area contributed by atoms with Crippen LogP contribution in [0.25, 0.3) is 11.5 Å². The molecule has 2 aromatic rings. The van der Waals surface area contributed by atoms with E-state index >= 15 is 0 Å². The number of nitrogens with zero attached hydrogens (tertiary/aromatic N) is 2. The molecule has 0 aliphatic heterocycles. The smallest absolute Gasteiger partial charge is 0.255 e. The molecule has 0 atom stereocenters. The van der Waals surface area contributed by atoms with Gasteiger partial charge in [-0.05, 0) is 24.5 Å². The summed E-state index contributed by atoms with van der Waals surface area (Å²) in [5, 5.41) is 9.32. The van der Waals surface area contributed by atoms with Crippen LogP contribution in [0, 0.1) is 0 Å². The lowest BCUT2D eigenvalue weighted by molar-refractivity contribution is 0.0967. The molecular weight excluding hydrogens is 246 g/mol. The summed E-state index contributed by atoms with van der Waals surface area (Å²) in [5.41, 5.74) is 1.27. The molecular formula is C13H11N3O3. The quantitative estimate of drug-likeness (QED) is 0.796. The summed E-state index contributed by atoms with van der Waals surface area (Å²) in [6.07, 6.45) is 2.17. The van der Waals surface area contributed by atoms with Crippen molar-refractivity contribution in [3.8, 4) is 17.4 Å². The minimum absolute atomic E-state index is 0.00519. The molecule has 1 aliphatic rings. The Balaban J connectivity index is 2.13. The number of Topliss-reactive ketones (excluding diaryl/α,β-unsaturated/α-hetero) is 1. The molecule has 0 radical (unpaired) electrons. The summed E-state index contributed by atoms with van der Waals surface area (Å²) < 4.78 is 0. The third-order valence-corrected chi connectivity index (χ3v) is 3.06. The number of ketones is 1. The Morgan fingerprint density at radius 1 is 1.16 bits per heavy atom. The lowest BCUT2D eigenvalue weighted by Gasteiger charge is -2.14. The molecule has 0 bridgehead atoms. The number of H-pyrrole nitrogens is 1. The Labute approximate surface area is 108 Å². The van der Waals surface area contributed by atoms with Crippen molar-refractivity contribution in [2.45, 2.75) is 19.3 Å². The van der Waals surface area contributed by atoms with Crippen molar-refractivity contribution >= 4 is 5.78 Å². The fraction of sp³-hybridized carbons (Fsp3) is 0.231.